The molecule has 0 aliphatic heterocycles. The monoisotopic (exact) mass is 297 g/mol. The van der Waals surface area contributed by atoms with Gasteiger partial charge in [0.25, 0.3) is 0 Å². The highest BCUT2D eigenvalue weighted by molar-refractivity contribution is 5.74. The zero-order valence-electron chi connectivity index (χ0n) is 12.1. The van der Waals surface area contributed by atoms with Crippen LogP contribution in [0.1, 0.15) is 11.1 Å². The van der Waals surface area contributed by atoms with E-state index >= 15 is 0 Å². The lowest BCUT2D eigenvalue weighted by Gasteiger charge is -2.12. The van der Waals surface area contributed by atoms with Crippen molar-refractivity contribution in [3.05, 3.63) is 65.6 Å². The molecule has 0 bridgehead atoms. The van der Waals surface area contributed by atoms with Crippen LogP contribution in [-0.4, -0.2) is 10.2 Å². The van der Waals surface area contributed by atoms with Crippen LogP contribution in [0, 0.1) is 12.7 Å². The second-order valence-electron chi connectivity index (χ2n) is 5.08. The fourth-order valence-corrected chi connectivity index (χ4v) is 2.33. The SMILES string of the molecule is Cc1cc(-c2cn[nH]c2N)cc(F)c1OCc1ccccc1. The number of nitrogen functional groups attached to an aromatic ring is 1. The van der Waals surface area contributed by atoms with Gasteiger partial charge >= 0.3 is 0 Å². The number of nitrogens with one attached hydrogen (secondary N) is 1. The first-order chi connectivity index (χ1) is 10.6. The lowest BCUT2D eigenvalue weighted by atomic mass is 10.0. The highest BCUT2D eigenvalue weighted by atomic mass is 19.1. The van der Waals surface area contributed by atoms with Crippen LogP contribution in [0.5, 0.6) is 5.75 Å². The van der Waals surface area contributed by atoms with Gasteiger partial charge in [-0.15, -0.1) is 0 Å². The molecule has 0 aliphatic rings. The number of ether oxygens (including phenoxy) is 1. The number of hydrogen-bond acceptors (Lipinski definition) is 3. The number of rotatable bonds is 4. The zero-order chi connectivity index (χ0) is 15.5. The van der Waals surface area contributed by atoms with Crippen molar-refractivity contribution in [2.45, 2.75) is 13.5 Å². The Balaban J connectivity index is 1.86. The van der Waals surface area contributed by atoms with Crippen LogP contribution >= 0.6 is 0 Å². The third kappa shape index (κ3) is 2.79. The fraction of sp³-hybridized carbons (Fsp3) is 0.118. The molecule has 0 amide bonds. The molecule has 2 aromatic carbocycles. The van der Waals surface area contributed by atoms with E-state index < -0.39 is 5.82 Å². The minimum atomic E-state index is -0.411. The van der Waals surface area contributed by atoms with E-state index in [0.29, 0.717) is 29.1 Å². The molecular formula is C17H16FN3O. The van der Waals surface area contributed by atoms with Crippen LogP contribution in [0.15, 0.2) is 48.7 Å². The summed E-state index contributed by atoms with van der Waals surface area (Å²) in [7, 11) is 0. The van der Waals surface area contributed by atoms with E-state index in [1.807, 2.05) is 43.3 Å². The molecule has 0 radical (unpaired) electrons. The first kappa shape index (κ1) is 14.1. The number of nitrogens with zero attached hydrogens (tertiary/aromatic N) is 1. The Morgan fingerprint density at radius 3 is 2.64 bits per heavy atom. The lowest BCUT2D eigenvalue weighted by molar-refractivity contribution is 0.288. The Kier molecular flexibility index (Phi) is 3.78. The Hall–Kier alpha value is -2.82. The molecule has 3 aromatic rings. The molecule has 4 nitrogen and oxygen atoms in total. The second kappa shape index (κ2) is 5.89. The van der Waals surface area contributed by atoms with Crippen LogP contribution in [0.2, 0.25) is 0 Å². The molecule has 0 atom stereocenters. The average molecular weight is 297 g/mol. The van der Waals surface area contributed by atoms with E-state index in [9.17, 15) is 4.39 Å². The summed E-state index contributed by atoms with van der Waals surface area (Å²) in [5.41, 5.74) is 8.83. The van der Waals surface area contributed by atoms with E-state index in [4.69, 9.17) is 10.5 Å². The number of H-pyrrole nitrogens is 1. The molecule has 3 rings (SSSR count). The van der Waals surface area contributed by atoms with Gasteiger partial charge in [-0.1, -0.05) is 30.3 Å². The number of hydrogen-bond donors (Lipinski definition) is 2. The topological polar surface area (TPSA) is 63.9 Å². The van der Waals surface area contributed by atoms with Gasteiger partial charge in [-0.25, -0.2) is 4.39 Å². The van der Waals surface area contributed by atoms with Crippen molar-refractivity contribution in [3.8, 4) is 16.9 Å². The Morgan fingerprint density at radius 2 is 2.00 bits per heavy atom. The molecule has 5 heteroatoms. The minimum absolute atomic E-state index is 0.259. The minimum Gasteiger partial charge on any atom is -0.486 e. The van der Waals surface area contributed by atoms with Crippen molar-refractivity contribution < 1.29 is 9.13 Å². The first-order valence-corrected chi connectivity index (χ1v) is 6.91. The number of halogens is 1. The largest absolute Gasteiger partial charge is 0.486 e. The molecule has 0 fully saturated rings. The summed E-state index contributed by atoms with van der Waals surface area (Å²) >= 11 is 0. The van der Waals surface area contributed by atoms with Crippen LogP contribution in [0.25, 0.3) is 11.1 Å². The van der Waals surface area contributed by atoms with Gasteiger partial charge in [-0.2, -0.15) is 5.10 Å². The molecule has 3 N–H and O–H groups in total. The number of aryl methyl sites for hydroxylation is 1. The van der Waals surface area contributed by atoms with Gasteiger partial charge in [0, 0.05) is 5.56 Å². The van der Waals surface area contributed by atoms with Crippen molar-refractivity contribution in [2.24, 2.45) is 0 Å². The number of anilines is 1. The quantitative estimate of drug-likeness (QED) is 0.772. The van der Waals surface area contributed by atoms with Gasteiger partial charge in [0.1, 0.15) is 12.4 Å². The molecule has 0 saturated carbocycles. The highest BCUT2D eigenvalue weighted by Gasteiger charge is 2.13. The average Bonchev–Trinajstić information content (AvgIpc) is 2.93. The van der Waals surface area contributed by atoms with Crippen LogP contribution in [-0.2, 0) is 6.61 Å². The van der Waals surface area contributed by atoms with Gasteiger partial charge in [0.15, 0.2) is 11.6 Å². The maximum Gasteiger partial charge on any atom is 0.165 e. The van der Waals surface area contributed by atoms with Crippen molar-refractivity contribution >= 4 is 5.82 Å². The standard InChI is InChI=1S/C17H16FN3O/c1-11-7-13(14-9-20-21-17(14)19)8-15(18)16(11)22-10-12-5-3-2-4-6-12/h2-9H,10H2,1H3,(H3,19,20,21). The molecule has 1 heterocycles. The summed E-state index contributed by atoms with van der Waals surface area (Å²) < 4.78 is 20.0. The summed E-state index contributed by atoms with van der Waals surface area (Å²) in [4.78, 5) is 0. The Labute approximate surface area is 127 Å². The molecule has 0 spiro atoms. The van der Waals surface area contributed by atoms with Crippen LogP contribution in [0.4, 0.5) is 10.2 Å². The Morgan fingerprint density at radius 1 is 1.23 bits per heavy atom. The molecule has 0 unspecified atom stereocenters. The molecule has 112 valence electrons. The van der Waals surface area contributed by atoms with Gasteiger partial charge in [-0.3, -0.25) is 5.10 Å². The van der Waals surface area contributed by atoms with Crippen LogP contribution < -0.4 is 10.5 Å². The fourth-order valence-electron chi connectivity index (χ4n) is 2.33. The summed E-state index contributed by atoms with van der Waals surface area (Å²) in [5.74, 6) is 0.262. The number of benzene rings is 2. The van der Waals surface area contributed by atoms with Gasteiger partial charge in [0.05, 0.1) is 6.20 Å². The van der Waals surface area contributed by atoms with E-state index in [-0.39, 0.29) is 5.75 Å². The number of nitrogens with two attached hydrogens (primary N) is 1. The maximum atomic E-state index is 14.3. The second-order valence-corrected chi connectivity index (χ2v) is 5.08. The van der Waals surface area contributed by atoms with E-state index in [2.05, 4.69) is 10.2 Å². The number of aromatic nitrogens is 2. The number of aromatic amines is 1. The highest BCUT2D eigenvalue weighted by Crippen LogP contribution is 2.31. The molecular weight excluding hydrogens is 281 g/mol. The van der Waals surface area contributed by atoms with E-state index in [1.165, 1.54) is 6.07 Å². The van der Waals surface area contributed by atoms with Gasteiger partial charge in [0.2, 0.25) is 0 Å². The van der Waals surface area contributed by atoms with Crippen molar-refractivity contribution in [1.29, 1.82) is 0 Å². The predicted molar refractivity (Wildman–Crippen MR) is 83.9 cm³/mol. The summed E-state index contributed by atoms with van der Waals surface area (Å²) in [6.45, 7) is 2.13. The predicted octanol–water partition coefficient (Wildman–Crippen LogP) is 3.69. The normalized spacial score (nSPS) is 10.6. The van der Waals surface area contributed by atoms with Crippen molar-refractivity contribution in [2.75, 3.05) is 5.73 Å². The van der Waals surface area contributed by atoms with Gasteiger partial charge < -0.3 is 10.5 Å². The van der Waals surface area contributed by atoms with E-state index in [1.54, 1.807) is 6.20 Å². The summed E-state index contributed by atoms with van der Waals surface area (Å²) in [6.07, 6.45) is 1.58. The molecule has 22 heavy (non-hydrogen) atoms. The third-order valence-electron chi connectivity index (χ3n) is 3.44. The first-order valence-electron chi connectivity index (χ1n) is 6.91. The van der Waals surface area contributed by atoms with Gasteiger partial charge in [-0.05, 0) is 35.7 Å². The molecule has 0 aliphatic carbocycles. The Bertz CT molecular complexity index is 761. The van der Waals surface area contributed by atoms with Crippen molar-refractivity contribution in [3.63, 3.8) is 0 Å². The maximum absolute atomic E-state index is 14.3. The zero-order valence-corrected chi connectivity index (χ0v) is 12.1. The lowest BCUT2D eigenvalue weighted by Crippen LogP contribution is -2.00. The smallest absolute Gasteiger partial charge is 0.165 e. The summed E-state index contributed by atoms with van der Waals surface area (Å²) in [5, 5.41) is 6.49. The summed E-state index contributed by atoms with van der Waals surface area (Å²) in [6, 6.07) is 12.9. The van der Waals surface area contributed by atoms with Crippen molar-refractivity contribution in [1.82, 2.24) is 10.2 Å². The molecule has 1 aromatic heterocycles. The third-order valence-corrected chi connectivity index (χ3v) is 3.44. The van der Waals surface area contributed by atoms with E-state index in [0.717, 1.165) is 5.56 Å². The van der Waals surface area contributed by atoms with Crippen LogP contribution in [0.3, 0.4) is 0 Å². The molecule has 0 saturated heterocycles.